The molecule has 0 saturated carbocycles. The van der Waals surface area contributed by atoms with Crippen LogP contribution in [0.4, 0.5) is 0 Å². The second-order valence-electron chi connectivity index (χ2n) is 7.77. The first-order valence-electron chi connectivity index (χ1n) is 10.7. The Bertz CT molecular complexity index is 790. The Morgan fingerprint density at radius 1 is 1.03 bits per heavy atom. The van der Waals surface area contributed by atoms with E-state index in [1.807, 2.05) is 75.4 Å². The molecule has 0 bridgehead atoms. The Hall–Kier alpha value is -2.82. The van der Waals surface area contributed by atoms with Crippen molar-refractivity contribution in [2.45, 2.75) is 65.6 Å². The van der Waals surface area contributed by atoms with E-state index in [2.05, 4.69) is 5.32 Å². The summed E-state index contributed by atoms with van der Waals surface area (Å²) in [6, 6.07) is 17.2. The molecule has 2 atom stereocenters. The summed E-state index contributed by atoms with van der Waals surface area (Å²) in [7, 11) is 0. The zero-order valence-electron chi connectivity index (χ0n) is 18.6. The molecule has 2 rings (SSSR count). The van der Waals surface area contributed by atoms with Crippen molar-refractivity contribution in [1.82, 2.24) is 10.2 Å². The molecule has 0 aromatic heterocycles. The van der Waals surface area contributed by atoms with Gasteiger partial charge < -0.3 is 15.0 Å². The number of carbonyl (C=O) groups is 2. The molecule has 0 spiro atoms. The van der Waals surface area contributed by atoms with Crippen LogP contribution in [-0.2, 0) is 16.1 Å². The first kappa shape index (κ1) is 23.5. The normalized spacial score (nSPS) is 12.7. The van der Waals surface area contributed by atoms with Crippen molar-refractivity contribution in [3.63, 3.8) is 0 Å². The number of aryl methyl sites for hydroxylation is 1. The molecule has 1 N–H and O–H groups in total. The molecule has 5 heteroatoms. The third kappa shape index (κ3) is 7.54. The lowest BCUT2D eigenvalue weighted by molar-refractivity contribution is -0.141. The monoisotopic (exact) mass is 410 g/mol. The molecule has 0 aliphatic rings. The average molecular weight is 411 g/mol. The highest BCUT2D eigenvalue weighted by Crippen LogP contribution is 2.14. The third-order valence-electron chi connectivity index (χ3n) is 5.19. The van der Waals surface area contributed by atoms with Gasteiger partial charge in [0.15, 0.2) is 0 Å². The average Bonchev–Trinajstić information content (AvgIpc) is 2.76. The minimum atomic E-state index is -0.539. The second-order valence-corrected chi connectivity index (χ2v) is 7.77. The van der Waals surface area contributed by atoms with Crippen molar-refractivity contribution in [2.24, 2.45) is 0 Å². The molecule has 2 aromatic rings. The van der Waals surface area contributed by atoms with Crippen molar-refractivity contribution in [2.75, 3.05) is 6.61 Å². The summed E-state index contributed by atoms with van der Waals surface area (Å²) in [4.78, 5) is 27.4. The van der Waals surface area contributed by atoms with Crippen LogP contribution in [0.25, 0.3) is 0 Å². The molecule has 5 nitrogen and oxygen atoms in total. The molecule has 0 unspecified atom stereocenters. The summed E-state index contributed by atoms with van der Waals surface area (Å²) in [5.41, 5.74) is 2.18. The van der Waals surface area contributed by atoms with Crippen LogP contribution in [0.15, 0.2) is 54.6 Å². The molecular weight excluding hydrogens is 376 g/mol. The molecule has 0 aliphatic heterocycles. The fourth-order valence-electron chi connectivity index (χ4n) is 3.01. The molecule has 0 saturated heterocycles. The molecule has 0 fully saturated rings. The van der Waals surface area contributed by atoms with Gasteiger partial charge in [-0.15, -0.1) is 0 Å². The van der Waals surface area contributed by atoms with Crippen molar-refractivity contribution in [1.29, 1.82) is 0 Å². The Morgan fingerprint density at radius 2 is 1.70 bits per heavy atom. The number of para-hydroxylation sites is 1. The van der Waals surface area contributed by atoms with E-state index in [4.69, 9.17) is 4.74 Å². The quantitative estimate of drug-likeness (QED) is 0.556. The van der Waals surface area contributed by atoms with Crippen LogP contribution in [0.2, 0.25) is 0 Å². The second kappa shape index (κ2) is 12.0. The van der Waals surface area contributed by atoms with Crippen LogP contribution in [0, 0.1) is 6.92 Å². The summed E-state index contributed by atoms with van der Waals surface area (Å²) >= 11 is 0. The van der Waals surface area contributed by atoms with Crippen LogP contribution >= 0.6 is 0 Å². The Kier molecular flexibility index (Phi) is 9.39. The number of hydrogen-bond acceptors (Lipinski definition) is 3. The van der Waals surface area contributed by atoms with Crippen LogP contribution in [0.1, 0.15) is 51.2 Å². The smallest absolute Gasteiger partial charge is 0.242 e. The van der Waals surface area contributed by atoms with Crippen molar-refractivity contribution < 1.29 is 14.3 Å². The van der Waals surface area contributed by atoms with E-state index in [9.17, 15) is 9.59 Å². The molecule has 0 heterocycles. The summed E-state index contributed by atoms with van der Waals surface area (Å²) in [5, 5.41) is 2.99. The van der Waals surface area contributed by atoms with E-state index in [-0.39, 0.29) is 17.9 Å². The third-order valence-corrected chi connectivity index (χ3v) is 5.19. The van der Waals surface area contributed by atoms with E-state index < -0.39 is 6.04 Å². The lowest BCUT2D eigenvalue weighted by Gasteiger charge is -2.30. The number of nitrogens with zero attached hydrogens (tertiary/aromatic N) is 1. The highest BCUT2D eigenvalue weighted by molar-refractivity contribution is 5.87. The van der Waals surface area contributed by atoms with Gasteiger partial charge in [-0.2, -0.15) is 0 Å². The molecular formula is C25H34N2O3. The summed E-state index contributed by atoms with van der Waals surface area (Å²) < 4.78 is 5.69. The number of carbonyl (C=O) groups excluding carboxylic acids is 2. The van der Waals surface area contributed by atoms with Gasteiger partial charge in [0.2, 0.25) is 11.8 Å². The zero-order valence-corrected chi connectivity index (χ0v) is 18.6. The predicted octanol–water partition coefficient (Wildman–Crippen LogP) is 4.49. The topological polar surface area (TPSA) is 58.6 Å². The van der Waals surface area contributed by atoms with Gasteiger partial charge in [0, 0.05) is 19.0 Å². The van der Waals surface area contributed by atoms with Crippen molar-refractivity contribution in [3.05, 3.63) is 65.7 Å². The SMILES string of the molecule is CC[C@@H](C)NC(=O)[C@@H](C)N(Cc1ccc(C)cc1)C(=O)CCCOc1ccccc1. The predicted molar refractivity (Wildman–Crippen MR) is 120 cm³/mol. The Balaban J connectivity index is 2.00. The summed E-state index contributed by atoms with van der Waals surface area (Å²) in [6.45, 7) is 8.69. The number of nitrogens with one attached hydrogen (secondary N) is 1. The first-order valence-corrected chi connectivity index (χ1v) is 10.7. The largest absolute Gasteiger partial charge is 0.494 e. The van der Waals surface area contributed by atoms with Gasteiger partial charge in [-0.05, 0) is 51.3 Å². The molecule has 2 amide bonds. The van der Waals surface area contributed by atoms with E-state index in [1.54, 1.807) is 11.8 Å². The van der Waals surface area contributed by atoms with E-state index >= 15 is 0 Å². The lowest BCUT2D eigenvalue weighted by Crippen LogP contribution is -2.49. The van der Waals surface area contributed by atoms with Gasteiger partial charge in [-0.1, -0.05) is 55.0 Å². The number of rotatable bonds is 11. The van der Waals surface area contributed by atoms with Gasteiger partial charge >= 0.3 is 0 Å². The molecule has 162 valence electrons. The minimum absolute atomic E-state index is 0.0426. The van der Waals surface area contributed by atoms with Gasteiger partial charge in [-0.3, -0.25) is 9.59 Å². The Morgan fingerprint density at radius 3 is 2.33 bits per heavy atom. The van der Waals surface area contributed by atoms with Gasteiger partial charge in [-0.25, -0.2) is 0 Å². The zero-order chi connectivity index (χ0) is 21.9. The fourth-order valence-corrected chi connectivity index (χ4v) is 3.01. The maximum atomic E-state index is 13.0. The molecule has 0 radical (unpaired) electrons. The van der Waals surface area contributed by atoms with Crippen molar-refractivity contribution >= 4 is 11.8 Å². The van der Waals surface area contributed by atoms with E-state index in [0.29, 0.717) is 26.0 Å². The van der Waals surface area contributed by atoms with Crippen LogP contribution in [-0.4, -0.2) is 35.4 Å². The minimum Gasteiger partial charge on any atom is -0.494 e. The Labute approximate surface area is 180 Å². The number of ether oxygens (including phenoxy) is 1. The summed E-state index contributed by atoms with van der Waals surface area (Å²) in [5.74, 6) is 0.632. The number of hydrogen-bond donors (Lipinski definition) is 1. The maximum absolute atomic E-state index is 13.0. The van der Waals surface area contributed by atoms with Gasteiger partial charge in [0.05, 0.1) is 6.61 Å². The van der Waals surface area contributed by atoms with Gasteiger partial charge in [0.1, 0.15) is 11.8 Å². The number of benzene rings is 2. The fraction of sp³-hybridized carbons (Fsp3) is 0.440. The maximum Gasteiger partial charge on any atom is 0.242 e. The van der Waals surface area contributed by atoms with E-state index in [1.165, 1.54) is 0 Å². The van der Waals surface area contributed by atoms with Gasteiger partial charge in [0.25, 0.3) is 0 Å². The first-order chi connectivity index (χ1) is 14.4. The molecule has 0 aliphatic carbocycles. The summed E-state index contributed by atoms with van der Waals surface area (Å²) in [6.07, 6.45) is 1.78. The van der Waals surface area contributed by atoms with Crippen LogP contribution < -0.4 is 10.1 Å². The standard InChI is InChI=1S/C25H34N2O3/c1-5-20(3)26-25(29)21(4)27(18-22-15-13-19(2)14-16-22)24(28)12-9-17-30-23-10-7-6-8-11-23/h6-8,10-11,13-16,20-21H,5,9,12,17-18H2,1-4H3,(H,26,29)/t20-,21-/m1/s1. The van der Waals surface area contributed by atoms with E-state index in [0.717, 1.165) is 23.3 Å². The lowest BCUT2D eigenvalue weighted by atomic mass is 10.1. The van der Waals surface area contributed by atoms with Crippen LogP contribution in [0.5, 0.6) is 5.75 Å². The molecule has 30 heavy (non-hydrogen) atoms. The number of amides is 2. The highest BCUT2D eigenvalue weighted by atomic mass is 16.5. The highest BCUT2D eigenvalue weighted by Gasteiger charge is 2.26. The van der Waals surface area contributed by atoms with Crippen LogP contribution in [0.3, 0.4) is 0 Å². The van der Waals surface area contributed by atoms with Crippen molar-refractivity contribution in [3.8, 4) is 5.75 Å². The molecule has 2 aromatic carbocycles.